The summed E-state index contributed by atoms with van der Waals surface area (Å²) in [4.78, 5) is 2.24. The third kappa shape index (κ3) is 3.49. The first-order valence-electron chi connectivity index (χ1n) is 6.21. The van der Waals surface area contributed by atoms with Crippen molar-refractivity contribution in [3.05, 3.63) is 17.0 Å². The number of hydrogen-bond donors (Lipinski definition) is 0. The Bertz CT molecular complexity index is 530. The van der Waals surface area contributed by atoms with Crippen LogP contribution in [0.3, 0.4) is 0 Å². The number of nitrogens with zero attached hydrogens (tertiary/aromatic N) is 2. The fourth-order valence-electron chi connectivity index (χ4n) is 2.35. The molecule has 108 valence electrons. The van der Waals surface area contributed by atoms with Crippen LogP contribution in [0.2, 0.25) is 0 Å². The fourth-order valence-corrected chi connectivity index (χ4v) is 5.26. The summed E-state index contributed by atoms with van der Waals surface area (Å²) in [5.74, 6) is 0.778. The summed E-state index contributed by atoms with van der Waals surface area (Å²) in [7, 11) is 0.372. The molecule has 0 amide bonds. The minimum Gasteiger partial charge on any atom is -0.306 e. The number of halogens is 1. The van der Waals surface area contributed by atoms with Crippen molar-refractivity contribution in [3.8, 4) is 0 Å². The average Bonchev–Trinajstić information content (AvgIpc) is 2.98. The van der Waals surface area contributed by atoms with Gasteiger partial charge in [0.15, 0.2) is 0 Å². The van der Waals surface area contributed by atoms with Crippen LogP contribution in [0.1, 0.15) is 12.0 Å². The monoisotopic (exact) mass is 322 g/mol. The number of alkyl halides is 1. The Kier molecular flexibility index (Phi) is 4.89. The molecule has 0 N–H and O–H groups in total. The van der Waals surface area contributed by atoms with Crippen LogP contribution in [0.15, 0.2) is 15.7 Å². The highest BCUT2D eigenvalue weighted by Crippen LogP contribution is 2.25. The largest absolute Gasteiger partial charge is 0.306 e. The lowest BCUT2D eigenvalue weighted by molar-refractivity contribution is 0.357. The maximum Gasteiger partial charge on any atom is 0.252 e. The van der Waals surface area contributed by atoms with Crippen molar-refractivity contribution in [2.75, 3.05) is 33.7 Å². The van der Waals surface area contributed by atoms with Gasteiger partial charge < -0.3 is 4.90 Å². The molecule has 0 aliphatic carbocycles. The molecular formula is C12H19ClN2O2S2. The maximum absolute atomic E-state index is 12.4. The van der Waals surface area contributed by atoms with Crippen LogP contribution in [-0.2, 0) is 15.9 Å². The Hall–Kier alpha value is -0.140. The normalized spacial score (nSPS) is 21.4. The molecular weight excluding hydrogens is 304 g/mol. The highest BCUT2D eigenvalue weighted by molar-refractivity contribution is 7.91. The molecule has 0 spiro atoms. The van der Waals surface area contributed by atoms with Gasteiger partial charge in [-0.2, -0.15) is 4.31 Å². The molecule has 1 aromatic rings. The first kappa shape index (κ1) is 15.3. The molecule has 1 fully saturated rings. The second-order valence-corrected chi connectivity index (χ2v) is 8.56. The van der Waals surface area contributed by atoms with Crippen molar-refractivity contribution in [1.82, 2.24) is 9.21 Å². The van der Waals surface area contributed by atoms with Crippen molar-refractivity contribution in [2.24, 2.45) is 5.92 Å². The molecule has 7 heteroatoms. The van der Waals surface area contributed by atoms with E-state index in [-0.39, 0.29) is 0 Å². The van der Waals surface area contributed by atoms with E-state index >= 15 is 0 Å². The zero-order valence-electron chi connectivity index (χ0n) is 11.2. The third-order valence-electron chi connectivity index (χ3n) is 3.45. The average molecular weight is 323 g/mol. The molecule has 1 atom stereocenters. The zero-order chi connectivity index (χ0) is 14.0. The SMILES string of the molecule is CN1CCC(CN(C)S(=O)(=O)c2cc(CCl)cs2)C1. The van der Waals surface area contributed by atoms with Crippen molar-refractivity contribution in [2.45, 2.75) is 16.5 Å². The summed E-state index contributed by atoms with van der Waals surface area (Å²) in [5.41, 5.74) is 0.860. The van der Waals surface area contributed by atoms with Gasteiger partial charge in [0, 0.05) is 26.0 Å². The van der Waals surface area contributed by atoms with Crippen molar-refractivity contribution >= 4 is 33.0 Å². The molecule has 4 nitrogen and oxygen atoms in total. The van der Waals surface area contributed by atoms with Crippen molar-refractivity contribution in [1.29, 1.82) is 0 Å². The summed E-state index contributed by atoms with van der Waals surface area (Å²) in [6.07, 6.45) is 1.06. The van der Waals surface area contributed by atoms with Gasteiger partial charge >= 0.3 is 0 Å². The Morgan fingerprint density at radius 3 is 2.84 bits per heavy atom. The predicted molar refractivity (Wildman–Crippen MR) is 79.3 cm³/mol. The molecule has 19 heavy (non-hydrogen) atoms. The Balaban J connectivity index is 2.06. The number of rotatable bonds is 5. The number of thiophene rings is 1. The first-order valence-corrected chi connectivity index (χ1v) is 9.07. The summed E-state index contributed by atoms with van der Waals surface area (Å²) < 4.78 is 26.7. The lowest BCUT2D eigenvalue weighted by Crippen LogP contribution is -2.32. The summed E-state index contributed by atoms with van der Waals surface area (Å²) >= 11 is 6.96. The molecule has 1 saturated heterocycles. The Labute approximate surface area is 124 Å². The predicted octanol–water partition coefficient (Wildman–Crippen LogP) is 2.06. The van der Waals surface area contributed by atoms with Crippen LogP contribution in [0.4, 0.5) is 0 Å². The molecule has 1 aliphatic rings. The van der Waals surface area contributed by atoms with E-state index in [1.165, 1.54) is 15.6 Å². The van der Waals surface area contributed by atoms with Gasteiger partial charge in [-0.1, -0.05) is 0 Å². The highest BCUT2D eigenvalue weighted by atomic mass is 35.5. The fraction of sp³-hybridized carbons (Fsp3) is 0.667. The van der Waals surface area contributed by atoms with Crippen LogP contribution in [0.5, 0.6) is 0 Å². The van der Waals surface area contributed by atoms with Gasteiger partial charge in [-0.05, 0) is 42.9 Å². The number of sulfonamides is 1. The number of likely N-dealkylation sites (tertiary alicyclic amines) is 1. The lowest BCUT2D eigenvalue weighted by Gasteiger charge is -2.20. The molecule has 1 aromatic heterocycles. The Morgan fingerprint density at radius 1 is 1.58 bits per heavy atom. The van der Waals surface area contributed by atoms with E-state index in [0.29, 0.717) is 22.6 Å². The molecule has 2 rings (SSSR count). The molecule has 1 aliphatic heterocycles. The van der Waals surface area contributed by atoms with Gasteiger partial charge in [0.05, 0.1) is 0 Å². The summed E-state index contributed by atoms with van der Waals surface area (Å²) in [6, 6.07) is 1.67. The highest BCUT2D eigenvalue weighted by Gasteiger charge is 2.28. The summed E-state index contributed by atoms with van der Waals surface area (Å²) in [6.45, 7) is 2.60. The molecule has 1 unspecified atom stereocenters. The van der Waals surface area contributed by atoms with E-state index in [9.17, 15) is 8.42 Å². The van der Waals surface area contributed by atoms with Gasteiger partial charge in [-0.3, -0.25) is 0 Å². The standard InChI is InChI=1S/C12H19ClN2O2S2/c1-14-4-3-10(7-14)8-15(2)19(16,17)12-5-11(6-13)9-18-12/h5,9-10H,3-4,6-8H2,1-2H3. The summed E-state index contributed by atoms with van der Waals surface area (Å²) in [5, 5.41) is 1.80. The molecule has 0 saturated carbocycles. The van der Waals surface area contributed by atoms with E-state index in [2.05, 4.69) is 11.9 Å². The zero-order valence-corrected chi connectivity index (χ0v) is 13.6. The number of hydrogen-bond acceptors (Lipinski definition) is 4. The van der Waals surface area contributed by atoms with Gasteiger partial charge in [0.25, 0.3) is 10.0 Å². The van der Waals surface area contributed by atoms with Crippen LogP contribution in [0.25, 0.3) is 0 Å². The van der Waals surface area contributed by atoms with Crippen molar-refractivity contribution < 1.29 is 8.42 Å². The molecule has 2 heterocycles. The second-order valence-electron chi connectivity index (χ2n) is 5.11. The van der Waals surface area contributed by atoms with Gasteiger partial charge in [-0.25, -0.2) is 8.42 Å². The van der Waals surface area contributed by atoms with Gasteiger partial charge in [0.2, 0.25) is 0 Å². The maximum atomic E-state index is 12.4. The van der Waals surface area contributed by atoms with Crippen molar-refractivity contribution in [3.63, 3.8) is 0 Å². The minimum atomic E-state index is -3.36. The molecule has 0 aromatic carbocycles. The van der Waals surface area contributed by atoms with Crippen LogP contribution in [-0.4, -0.2) is 51.4 Å². The van der Waals surface area contributed by atoms with E-state index < -0.39 is 10.0 Å². The van der Waals surface area contributed by atoms with Crippen LogP contribution < -0.4 is 0 Å². The van der Waals surface area contributed by atoms with E-state index in [4.69, 9.17) is 11.6 Å². The van der Waals surface area contributed by atoms with E-state index in [1.54, 1.807) is 18.5 Å². The molecule has 0 bridgehead atoms. The van der Waals surface area contributed by atoms with Gasteiger partial charge in [-0.15, -0.1) is 22.9 Å². The topological polar surface area (TPSA) is 40.6 Å². The second kappa shape index (κ2) is 6.10. The van der Waals surface area contributed by atoms with Crippen LogP contribution >= 0.6 is 22.9 Å². The Morgan fingerprint density at radius 2 is 2.32 bits per heavy atom. The molecule has 0 radical (unpaired) electrons. The van der Waals surface area contributed by atoms with Crippen LogP contribution in [0, 0.1) is 5.92 Å². The van der Waals surface area contributed by atoms with E-state index in [1.807, 2.05) is 0 Å². The van der Waals surface area contributed by atoms with E-state index in [0.717, 1.165) is 25.1 Å². The van der Waals surface area contributed by atoms with Gasteiger partial charge in [0.1, 0.15) is 4.21 Å². The minimum absolute atomic E-state index is 0.350. The lowest BCUT2D eigenvalue weighted by atomic mass is 10.1. The third-order valence-corrected chi connectivity index (χ3v) is 7.05. The first-order chi connectivity index (χ1) is 8.93. The quantitative estimate of drug-likeness (QED) is 0.779. The smallest absolute Gasteiger partial charge is 0.252 e.